The fourth-order valence-electron chi connectivity index (χ4n) is 0.797. The molecule has 0 aliphatic heterocycles. The Balaban J connectivity index is 3.99. The summed E-state index contributed by atoms with van der Waals surface area (Å²) in [5.74, 6) is 0.116. The van der Waals surface area contributed by atoms with Crippen molar-refractivity contribution in [2.24, 2.45) is 0 Å². The Morgan fingerprint density at radius 3 is 2.00 bits per heavy atom. The van der Waals surface area contributed by atoms with Crippen molar-refractivity contribution in [1.29, 1.82) is 0 Å². The van der Waals surface area contributed by atoms with Crippen LogP contribution in [-0.2, 0) is 4.79 Å². The second kappa shape index (κ2) is 3.41. The normalized spacial score (nSPS) is 12.8. The van der Waals surface area contributed by atoms with Gasteiger partial charge in [0, 0.05) is 0 Å². The molecule has 1 atom stereocenters. The van der Waals surface area contributed by atoms with Gasteiger partial charge in [-0.25, -0.2) is 0 Å². The van der Waals surface area contributed by atoms with Crippen LogP contribution >= 0.6 is 0 Å². The van der Waals surface area contributed by atoms with Crippen LogP contribution in [-0.4, -0.2) is 18.9 Å². The average molecular weight is 127 g/mol. The quantitative estimate of drug-likeness (QED) is 0.566. The second-order valence-corrected chi connectivity index (χ2v) is 2.18. The first kappa shape index (κ1) is 8.37. The number of nitrogens with one attached hydrogen (secondary N) is 1. The lowest BCUT2D eigenvalue weighted by Crippen LogP contribution is -2.32. The fourth-order valence-corrected chi connectivity index (χ4v) is 0.797. The Morgan fingerprint density at radius 1 is 1.56 bits per heavy atom. The Bertz CT molecular complexity index is 115. The lowest BCUT2D eigenvalue weighted by Gasteiger charge is -2.10. The summed E-state index contributed by atoms with van der Waals surface area (Å²) in [4.78, 5) is 10.7. The highest BCUT2D eigenvalue weighted by molar-refractivity contribution is 5.84. The van der Waals surface area contributed by atoms with Crippen molar-refractivity contribution in [3.8, 4) is 0 Å². The van der Waals surface area contributed by atoms with Crippen LogP contribution in [0.3, 0.4) is 0 Å². The van der Waals surface area contributed by atoms with Crippen LogP contribution in [0.2, 0.25) is 0 Å². The maximum absolute atomic E-state index is 10.7. The van der Waals surface area contributed by atoms with E-state index in [2.05, 4.69) is 11.9 Å². The summed E-state index contributed by atoms with van der Waals surface area (Å²) < 4.78 is 0. The molecule has 0 radical (unpaired) electrons. The van der Waals surface area contributed by atoms with Crippen LogP contribution in [0.1, 0.15) is 13.8 Å². The van der Waals surface area contributed by atoms with Crippen molar-refractivity contribution in [3.05, 3.63) is 12.2 Å². The molecule has 0 rings (SSSR count). The van der Waals surface area contributed by atoms with Crippen LogP contribution in [0.25, 0.3) is 0 Å². The van der Waals surface area contributed by atoms with Crippen LogP contribution in [0.15, 0.2) is 12.2 Å². The lowest BCUT2D eigenvalue weighted by atomic mass is 10.1. The monoisotopic (exact) mass is 127 g/mol. The SMILES string of the molecule is C=C(C)[C@H](NC)C(C)=O. The van der Waals surface area contributed by atoms with Gasteiger partial charge < -0.3 is 5.32 Å². The topological polar surface area (TPSA) is 29.1 Å². The molecular formula is C7H13NO. The van der Waals surface area contributed by atoms with E-state index in [4.69, 9.17) is 0 Å². The predicted molar refractivity (Wildman–Crippen MR) is 38.3 cm³/mol. The molecule has 9 heavy (non-hydrogen) atoms. The summed E-state index contributed by atoms with van der Waals surface area (Å²) in [6, 6.07) is -0.162. The van der Waals surface area contributed by atoms with Crippen LogP contribution in [0.5, 0.6) is 0 Å². The van der Waals surface area contributed by atoms with Gasteiger partial charge in [0.1, 0.15) is 0 Å². The predicted octanol–water partition coefficient (Wildman–Crippen LogP) is 0.739. The Labute approximate surface area is 56.0 Å². The molecule has 2 heteroatoms. The highest BCUT2D eigenvalue weighted by Gasteiger charge is 2.10. The summed E-state index contributed by atoms with van der Waals surface area (Å²) in [6.45, 7) is 7.05. The van der Waals surface area contributed by atoms with Crippen LogP contribution in [0.4, 0.5) is 0 Å². The number of carbonyl (C=O) groups is 1. The number of likely N-dealkylation sites (N-methyl/N-ethyl adjacent to an activating group) is 1. The number of hydrogen-bond acceptors (Lipinski definition) is 2. The largest absolute Gasteiger partial charge is 0.307 e. The molecule has 52 valence electrons. The Kier molecular flexibility index (Phi) is 3.17. The van der Waals surface area contributed by atoms with Crippen molar-refractivity contribution in [2.75, 3.05) is 7.05 Å². The number of Topliss-reactive ketones (excluding diaryl/α,β-unsaturated/α-hetero) is 1. The Hall–Kier alpha value is -0.630. The molecule has 0 fully saturated rings. The summed E-state index contributed by atoms with van der Waals surface area (Å²) in [7, 11) is 1.75. The maximum Gasteiger partial charge on any atom is 0.150 e. The van der Waals surface area contributed by atoms with Gasteiger partial charge in [-0.15, -0.1) is 0 Å². The van der Waals surface area contributed by atoms with E-state index in [9.17, 15) is 4.79 Å². The molecule has 0 spiro atoms. The molecule has 0 aromatic heterocycles. The molecule has 0 aromatic rings. The van der Waals surface area contributed by atoms with E-state index in [-0.39, 0.29) is 11.8 Å². The summed E-state index contributed by atoms with van der Waals surface area (Å²) in [6.07, 6.45) is 0. The molecule has 0 aliphatic carbocycles. The second-order valence-electron chi connectivity index (χ2n) is 2.18. The maximum atomic E-state index is 10.7. The first-order valence-electron chi connectivity index (χ1n) is 2.92. The third kappa shape index (κ3) is 2.42. The highest BCUT2D eigenvalue weighted by Crippen LogP contribution is 1.96. The van der Waals surface area contributed by atoms with Crippen molar-refractivity contribution >= 4 is 5.78 Å². The van der Waals surface area contributed by atoms with Crippen molar-refractivity contribution in [2.45, 2.75) is 19.9 Å². The van der Waals surface area contributed by atoms with Crippen molar-refractivity contribution in [1.82, 2.24) is 5.32 Å². The van der Waals surface area contributed by atoms with Crippen LogP contribution in [0, 0.1) is 0 Å². The van der Waals surface area contributed by atoms with Gasteiger partial charge in [0.15, 0.2) is 5.78 Å². The molecule has 0 saturated heterocycles. The lowest BCUT2D eigenvalue weighted by molar-refractivity contribution is -0.118. The third-order valence-electron chi connectivity index (χ3n) is 1.19. The highest BCUT2D eigenvalue weighted by atomic mass is 16.1. The van der Waals surface area contributed by atoms with Gasteiger partial charge in [-0.3, -0.25) is 4.79 Å². The van der Waals surface area contributed by atoms with Gasteiger partial charge in [0.05, 0.1) is 6.04 Å². The standard InChI is InChI=1S/C7H13NO/c1-5(2)7(8-4)6(3)9/h7-8H,1H2,2-4H3/t7-/m0/s1. The number of ketones is 1. The molecule has 0 saturated carbocycles. The summed E-state index contributed by atoms with van der Waals surface area (Å²) in [5.41, 5.74) is 0.866. The first-order chi connectivity index (χ1) is 4.09. The number of rotatable bonds is 3. The van der Waals surface area contributed by atoms with Gasteiger partial charge in [-0.2, -0.15) is 0 Å². The first-order valence-corrected chi connectivity index (χ1v) is 2.92. The van der Waals surface area contributed by atoms with Gasteiger partial charge in [0.2, 0.25) is 0 Å². The zero-order valence-electron chi connectivity index (χ0n) is 6.19. The molecule has 1 N–H and O–H groups in total. The Morgan fingerprint density at radius 2 is 2.00 bits per heavy atom. The van der Waals surface area contributed by atoms with E-state index in [0.717, 1.165) is 5.57 Å². The van der Waals surface area contributed by atoms with Crippen LogP contribution < -0.4 is 5.32 Å². The van der Waals surface area contributed by atoms with E-state index in [1.165, 1.54) is 0 Å². The molecule has 0 aromatic carbocycles. The minimum absolute atomic E-state index is 0.116. The molecule has 0 heterocycles. The molecule has 0 amide bonds. The van der Waals surface area contributed by atoms with E-state index in [0.29, 0.717) is 0 Å². The van der Waals surface area contributed by atoms with Gasteiger partial charge in [-0.1, -0.05) is 12.2 Å². The minimum Gasteiger partial charge on any atom is -0.307 e. The minimum atomic E-state index is -0.162. The number of carbonyl (C=O) groups excluding carboxylic acids is 1. The third-order valence-corrected chi connectivity index (χ3v) is 1.19. The zero-order chi connectivity index (χ0) is 7.44. The van der Waals surface area contributed by atoms with Crippen molar-refractivity contribution < 1.29 is 4.79 Å². The molecule has 2 nitrogen and oxygen atoms in total. The van der Waals surface area contributed by atoms with E-state index >= 15 is 0 Å². The smallest absolute Gasteiger partial charge is 0.150 e. The molecular weight excluding hydrogens is 114 g/mol. The molecule has 0 bridgehead atoms. The summed E-state index contributed by atoms with van der Waals surface area (Å²) in [5, 5.41) is 2.85. The van der Waals surface area contributed by atoms with E-state index < -0.39 is 0 Å². The van der Waals surface area contributed by atoms with E-state index in [1.54, 1.807) is 14.0 Å². The van der Waals surface area contributed by atoms with Gasteiger partial charge in [-0.05, 0) is 20.9 Å². The van der Waals surface area contributed by atoms with Crippen molar-refractivity contribution in [3.63, 3.8) is 0 Å². The fraction of sp³-hybridized carbons (Fsp3) is 0.571. The zero-order valence-corrected chi connectivity index (χ0v) is 6.19. The van der Waals surface area contributed by atoms with Gasteiger partial charge >= 0.3 is 0 Å². The van der Waals surface area contributed by atoms with Gasteiger partial charge in [0.25, 0.3) is 0 Å². The average Bonchev–Trinajstić information content (AvgIpc) is 1.64. The summed E-state index contributed by atoms with van der Waals surface area (Å²) >= 11 is 0. The van der Waals surface area contributed by atoms with E-state index in [1.807, 2.05) is 6.92 Å². The molecule has 0 aliphatic rings. The number of hydrogen-bond donors (Lipinski definition) is 1. The molecule has 0 unspecified atom stereocenters.